The van der Waals surface area contributed by atoms with Crippen LogP contribution in [0.4, 0.5) is 13.2 Å². The highest BCUT2D eigenvalue weighted by Gasteiger charge is 2.35. The van der Waals surface area contributed by atoms with Gasteiger partial charge in [-0.2, -0.15) is 13.2 Å². The van der Waals surface area contributed by atoms with Crippen LogP contribution in [-0.2, 0) is 10.9 Å². The standard InChI is InChI=1S/C10H10F3NO3/c1-3-17-9(15)7-5-4-6(10(11,12)13)8(14-7)16-2/h4-5H,3H2,1-2H3. The van der Waals surface area contributed by atoms with Crippen LogP contribution in [0.1, 0.15) is 23.0 Å². The van der Waals surface area contributed by atoms with Crippen molar-refractivity contribution in [1.29, 1.82) is 0 Å². The molecule has 0 amide bonds. The van der Waals surface area contributed by atoms with Crippen molar-refractivity contribution in [3.05, 3.63) is 23.4 Å². The third kappa shape index (κ3) is 3.08. The lowest BCUT2D eigenvalue weighted by Crippen LogP contribution is -2.13. The number of alkyl halides is 3. The highest BCUT2D eigenvalue weighted by Crippen LogP contribution is 2.34. The van der Waals surface area contributed by atoms with Gasteiger partial charge in [-0.1, -0.05) is 0 Å². The zero-order chi connectivity index (χ0) is 13.1. The van der Waals surface area contributed by atoms with E-state index in [2.05, 4.69) is 14.5 Å². The summed E-state index contributed by atoms with van der Waals surface area (Å²) in [6, 6.07) is 1.68. The van der Waals surface area contributed by atoms with Crippen LogP contribution in [0.3, 0.4) is 0 Å². The van der Waals surface area contributed by atoms with Gasteiger partial charge < -0.3 is 9.47 Å². The lowest BCUT2D eigenvalue weighted by molar-refractivity contribution is -0.139. The Labute approximate surface area is 95.4 Å². The fourth-order valence-electron chi connectivity index (χ4n) is 1.13. The quantitative estimate of drug-likeness (QED) is 0.771. The van der Waals surface area contributed by atoms with Gasteiger partial charge in [-0.3, -0.25) is 0 Å². The Hall–Kier alpha value is -1.79. The maximum absolute atomic E-state index is 12.5. The van der Waals surface area contributed by atoms with Gasteiger partial charge in [0, 0.05) is 0 Å². The molecule has 0 fully saturated rings. The molecule has 0 saturated heterocycles. The molecule has 7 heteroatoms. The number of pyridine rings is 1. The van der Waals surface area contributed by atoms with Gasteiger partial charge in [0.2, 0.25) is 5.88 Å². The van der Waals surface area contributed by atoms with Crippen molar-refractivity contribution < 1.29 is 27.4 Å². The van der Waals surface area contributed by atoms with Crippen molar-refractivity contribution in [2.45, 2.75) is 13.1 Å². The van der Waals surface area contributed by atoms with Crippen molar-refractivity contribution in [1.82, 2.24) is 4.98 Å². The van der Waals surface area contributed by atoms with Crippen LogP contribution in [0.2, 0.25) is 0 Å². The summed E-state index contributed by atoms with van der Waals surface area (Å²) in [5.74, 6) is -1.44. The summed E-state index contributed by atoms with van der Waals surface area (Å²) in [5.41, 5.74) is -1.26. The second-order valence-electron chi connectivity index (χ2n) is 2.97. The number of methoxy groups -OCH3 is 1. The summed E-state index contributed by atoms with van der Waals surface area (Å²) in [6.45, 7) is 1.70. The predicted molar refractivity (Wildman–Crippen MR) is 51.7 cm³/mol. The molecule has 1 aromatic heterocycles. The summed E-state index contributed by atoms with van der Waals surface area (Å²) in [6.07, 6.45) is -4.58. The van der Waals surface area contributed by atoms with Gasteiger partial charge in [0.25, 0.3) is 0 Å². The fraction of sp³-hybridized carbons (Fsp3) is 0.400. The molecule has 1 rings (SSSR count). The van der Waals surface area contributed by atoms with Gasteiger partial charge >= 0.3 is 12.1 Å². The SMILES string of the molecule is CCOC(=O)c1ccc(C(F)(F)F)c(OC)n1. The van der Waals surface area contributed by atoms with Crippen molar-refractivity contribution in [2.24, 2.45) is 0 Å². The third-order valence-corrected chi connectivity index (χ3v) is 1.84. The molecule has 4 nitrogen and oxygen atoms in total. The van der Waals surface area contributed by atoms with E-state index in [1.165, 1.54) is 0 Å². The third-order valence-electron chi connectivity index (χ3n) is 1.84. The number of rotatable bonds is 3. The average molecular weight is 249 g/mol. The van der Waals surface area contributed by atoms with Crippen LogP contribution in [-0.4, -0.2) is 24.7 Å². The first kappa shape index (κ1) is 13.3. The molecule has 0 aromatic carbocycles. The minimum Gasteiger partial charge on any atom is -0.481 e. The summed E-state index contributed by atoms with van der Waals surface area (Å²) < 4.78 is 46.6. The number of carbonyl (C=O) groups is 1. The zero-order valence-electron chi connectivity index (χ0n) is 9.17. The Bertz CT molecular complexity index is 418. The molecule has 0 N–H and O–H groups in total. The van der Waals surface area contributed by atoms with Crippen molar-refractivity contribution >= 4 is 5.97 Å². The van der Waals surface area contributed by atoms with Crippen LogP contribution in [0.5, 0.6) is 5.88 Å². The van der Waals surface area contributed by atoms with E-state index in [0.29, 0.717) is 0 Å². The number of aromatic nitrogens is 1. The summed E-state index contributed by atoms with van der Waals surface area (Å²) in [7, 11) is 1.05. The Balaban J connectivity index is 3.13. The van der Waals surface area contributed by atoms with E-state index in [9.17, 15) is 18.0 Å². The number of esters is 1. The normalized spacial score (nSPS) is 11.1. The second kappa shape index (κ2) is 5.03. The topological polar surface area (TPSA) is 48.4 Å². The fourth-order valence-corrected chi connectivity index (χ4v) is 1.13. The molecular formula is C10H10F3NO3. The summed E-state index contributed by atoms with van der Waals surface area (Å²) >= 11 is 0. The number of nitrogens with zero attached hydrogens (tertiary/aromatic N) is 1. The monoisotopic (exact) mass is 249 g/mol. The van der Waals surface area contributed by atoms with Crippen molar-refractivity contribution in [3.8, 4) is 5.88 Å². The van der Waals surface area contributed by atoms with E-state index >= 15 is 0 Å². The molecule has 0 aliphatic heterocycles. The molecule has 0 aliphatic rings. The molecule has 0 unspecified atom stereocenters. The number of halogens is 3. The molecule has 0 radical (unpaired) electrons. The molecule has 0 saturated carbocycles. The van der Waals surface area contributed by atoms with E-state index < -0.39 is 23.6 Å². The molecule has 1 heterocycles. The summed E-state index contributed by atoms with van der Waals surface area (Å²) in [4.78, 5) is 14.7. The number of hydrogen-bond donors (Lipinski definition) is 0. The molecule has 0 aliphatic carbocycles. The average Bonchev–Trinajstić information content (AvgIpc) is 2.27. The van der Waals surface area contributed by atoms with Gasteiger partial charge in [-0.25, -0.2) is 9.78 Å². The largest absolute Gasteiger partial charge is 0.481 e. The molecule has 17 heavy (non-hydrogen) atoms. The zero-order valence-corrected chi connectivity index (χ0v) is 9.17. The van der Waals surface area contributed by atoms with Crippen molar-refractivity contribution in [3.63, 3.8) is 0 Å². The Morgan fingerprint density at radius 3 is 2.53 bits per heavy atom. The Morgan fingerprint density at radius 1 is 1.41 bits per heavy atom. The number of hydrogen-bond acceptors (Lipinski definition) is 4. The first-order chi connectivity index (χ1) is 7.90. The van der Waals surface area contributed by atoms with Gasteiger partial charge in [-0.05, 0) is 19.1 Å². The van der Waals surface area contributed by atoms with E-state index in [1.807, 2.05) is 0 Å². The lowest BCUT2D eigenvalue weighted by atomic mass is 10.2. The Morgan fingerprint density at radius 2 is 2.06 bits per heavy atom. The molecule has 0 atom stereocenters. The van der Waals surface area contributed by atoms with Crippen molar-refractivity contribution in [2.75, 3.05) is 13.7 Å². The number of carbonyl (C=O) groups excluding carboxylic acids is 1. The van der Waals surface area contributed by atoms with E-state index in [4.69, 9.17) is 0 Å². The maximum Gasteiger partial charge on any atom is 0.421 e. The van der Waals surface area contributed by atoms with Gasteiger partial charge in [0.1, 0.15) is 5.56 Å². The van der Waals surface area contributed by atoms with E-state index in [1.54, 1.807) is 6.92 Å². The first-order valence-corrected chi connectivity index (χ1v) is 4.69. The predicted octanol–water partition coefficient (Wildman–Crippen LogP) is 2.29. The van der Waals surface area contributed by atoms with Gasteiger partial charge in [-0.15, -0.1) is 0 Å². The Kier molecular flexibility index (Phi) is 3.93. The van der Waals surface area contributed by atoms with Crippen LogP contribution in [0.25, 0.3) is 0 Å². The van der Waals surface area contributed by atoms with E-state index in [-0.39, 0.29) is 12.3 Å². The van der Waals surface area contributed by atoms with Crippen LogP contribution in [0, 0.1) is 0 Å². The first-order valence-electron chi connectivity index (χ1n) is 4.69. The highest BCUT2D eigenvalue weighted by molar-refractivity contribution is 5.87. The van der Waals surface area contributed by atoms with Gasteiger partial charge in [0.05, 0.1) is 13.7 Å². The minimum absolute atomic E-state index is 0.115. The minimum atomic E-state index is -4.58. The summed E-state index contributed by atoms with van der Waals surface area (Å²) in [5, 5.41) is 0. The molecular weight excluding hydrogens is 239 g/mol. The molecule has 1 aromatic rings. The van der Waals surface area contributed by atoms with Crippen LogP contribution in [0.15, 0.2) is 12.1 Å². The van der Waals surface area contributed by atoms with E-state index in [0.717, 1.165) is 19.2 Å². The van der Waals surface area contributed by atoms with Crippen LogP contribution >= 0.6 is 0 Å². The lowest BCUT2D eigenvalue weighted by Gasteiger charge is -2.11. The van der Waals surface area contributed by atoms with Gasteiger partial charge in [0.15, 0.2) is 5.69 Å². The smallest absolute Gasteiger partial charge is 0.421 e. The second-order valence-corrected chi connectivity index (χ2v) is 2.97. The highest BCUT2D eigenvalue weighted by atomic mass is 19.4. The number of ether oxygens (including phenoxy) is 2. The maximum atomic E-state index is 12.5. The van der Waals surface area contributed by atoms with Crippen LogP contribution < -0.4 is 4.74 Å². The molecule has 0 bridgehead atoms. The molecule has 0 spiro atoms. The molecule has 94 valence electrons.